The number of alkyl halides is 3. The molecule has 5 rings (SSSR count). The highest BCUT2D eigenvalue weighted by Crippen LogP contribution is 2.37. The first kappa shape index (κ1) is 28.3. The van der Waals surface area contributed by atoms with E-state index in [1.54, 1.807) is 12.1 Å². The molecule has 0 saturated carbocycles. The van der Waals surface area contributed by atoms with Gasteiger partial charge in [0.05, 0.1) is 5.69 Å². The first-order valence-electron chi connectivity index (χ1n) is 13.2. The van der Waals surface area contributed by atoms with Gasteiger partial charge < -0.3 is 29.6 Å². The van der Waals surface area contributed by atoms with Gasteiger partial charge in [0.25, 0.3) is 0 Å². The molecule has 3 atom stereocenters. The van der Waals surface area contributed by atoms with Gasteiger partial charge in [-0.2, -0.15) is 13.2 Å². The predicted molar refractivity (Wildman–Crippen MR) is 143 cm³/mol. The Hall–Kier alpha value is -4.25. The minimum absolute atomic E-state index is 0.00133. The Morgan fingerprint density at radius 2 is 1.83 bits per heavy atom. The maximum absolute atomic E-state index is 13.2. The Labute approximate surface area is 234 Å². The zero-order chi connectivity index (χ0) is 28.8. The molecule has 3 aromatic rings. The van der Waals surface area contributed by atoms with Crippen molar-refractivity contribution in [2.45, 2.75) is 56.7 Å². The standard InChI is InChI=1S/C30H29F3N2O6/c31-30(32,33)29(37)41-28(21-8-13-25(24(15-21)34-17-36)38-16-20-4-2-1-3-5-20)23-11-10-22(35-23)9-6-19-7-12-26-27(14-19)40-18-39-26/h1-5,7-8,12-15,17,22-23,28,35H,6,9-11,16,18H2,(H,34,36). The van der Waals surface area contributed by atoms with E-state index < -0.39 is 24.3 Å². The van der Waals surface area contributed by atoms with Crippen LogP contribution < -0.4 is 24.8 Å². The van der Waals surface area contributed by atoms with E-state index in [0.717, 1.165) is 24.0 Å². The number of amides is 1. The third kappa shape index (κ3) is 7.10. The number of hydrogen-bond donors (Lipinski definition) is 2. The molecule has 216 valence electrons. The molecule has 41 heavy (non-hydrogen) atoms. The van der Waals surface area contributed by atoms with Crippen LogP contribution in [0, 0.1) is 0 Å². The van der Waals surface area contributed by atoms with Crippen LogP contribution in [0.4, 0.5) is 18.9 Å². The first-order chi connectivity index (χ1) is 19.8. The van der Waals surface area contributed by atoms with Gasteiger partial charge in [-0.3, -0.25) is 4.79 Å². The third-order valence-electron chi connectivity index (χ3n) is 7.11. The lowest BCUT2D eigenvalue weighted by molar-refractivity contribution is -0.206. The topological polar surface area (TPSA) is 95.1 Å². The Balaban J connectivity index is 1.30. The number of fused-ring (bicyclic) bond motifs is 1. The quantitative estimate of drug-likeness (QED) is 0.234. The van der Waals surface area contributed by atoms with Crippen LogP contribution >= 0.6 is 0 Å². The van der Waals surface area contributed by atoms with Crippen molar-refractivity contribution in [2.75, 3.05) is 12.1 Å². The summed E-state index contributed by atoms with van der Waals surface area (Å²) in [4.78, 5) is 23.2. The summed E-state index contributed by atoms with van der Waals surface area (Å²) in [5.41, 5.74) is 2.49. The van der Waals surface area contributed by atoms with E-state index in [1.165, 1.54) is 6.07 Å². The van der Waals surface area contributed by atoms with Gasteiger partial charge in [0.15, 0.2) is 11.5 Å². The summed E-state index contributed by atoms with van der Waals surface area (Å²) in [5, 5.41) is 5.90. The molecular weight excluding hydrogens is 541 g/mol. The highest BCUT2D eigenvalue weighted by Gasteiger charge is 2.44. The second-order valence-electron chi connectivity index (χ2n) is 9.89. The van der Waals surface area contributed by atoms with E-state index in [0.29, 0.717) is 42.1 Å². The van der Waals surface area contributed by atoms with Gasteiger partial charge in [0.2, 0.25) is 13.2 Å². The van der Waals surface area contributed by atoms with E-state index in [-0.39, 0.29) is 25.1 Å². The van der Waals surface area contributed by atoms with Crippen LogP contribution in [-0.2, 0) is 27.4 Å². The Morgan fingerprint density at radius 3 is 2.61 bits per heavy atom. The van der Waals surface area contributed by atoms with E-state index in [4.69, 9.17) is 18.9 Å². The summed E-state index contributed by atoms with van der Waals surface area (Å²) in [6, 6.07) is 19.1. The van der Waals surface area contributed by atoms with Crippen molar-refractivity contribution in [1.82, 2.24) is 5.32 Å². The molecular formula is C30H29F3N2O6. The Bertz CT molecular complexity index is 1370. The molecule has 0 bridgehead atoms. The average molecular weight is 571 g/mol. The summed E-state index contributed by atoms with van der Waals surface area (Å²) < 4.78 is 61.3. The number of halogens is 3. The molecule has 0 spiro atoms. The number of benzene rings is 3. The summed E-state index contributed by atoms with van der Waals surface area (Å²) in [6.07, 6.45) is -3.33. The molecule has 1 amide bonds. The lowest BCUT2D eigenvalue weighted by Gasteiger charge is -2.26. The van der Waals surface area contributed by atoms with Crippen molar-refractivity contribution in [3.05, 3.63) is 83.4 Å². The molecule has 3 unspecified atom stereocenters. The molecule has 3 aromatic carbocycles. The normalized spacial score (nSPS) is 18.5. The van der Waals surface area contributed by atoms with Crippen LogP contribution in [0.25, 0.3) is 0 Å². The van der Waals surface area contributed by atoms with E-state index in [2.05, 4.69) is 10.6 Å². The molecule has 2 aliphatic rings. The minimum atomic E-state index is -5.15. The second-order valence-corrected chi connectivity index (χ2v) is 9.89. The molecule has 1 saturated heterocycles. The lowest BCUT2D eigenvalue weighted by atomic mass is 9.99. The smallest absolute Gasteiger partial charge is 0.487 e. The highest BCUT2D eigenvalue weighted by atomic mass is 19.4. The molecule has 0 radical (unpaired) electrons. The number of esters is 1. The lowest BCUT2D eigenvalue weighted by Crippen LogP contribution is -2.38. The fourth-order valence-corrected chi connectivity index (χ4v) is 5.08. The molecule has 2 aliphatic heterocycles. The fourth-order valence-electron chi connectivity index (χ4n) is 5.08. The van der Waals surface area contributed by atoms with Crippen LogP contribution in [0.15, 0.2) is 66.7 Å². The number of nitrogens with one attached hydrogen (secondary N) is 2. The number of carbonyl (C=O) groups excluding carboxylic acids is 2. The maximum atomic E-state index is 13.2. The zero-order valence-electron chi connectivity index (χ0n) is 22.0. The molecule has 2 heterocycles. The largest absolute Gasteiger partial charge is 0.490 e. The second kappa shape index (κ2) is 12.5. The number of aryl methyl sites for hydroxylation is 1. The van der Waals surface area contributed by atoms with Crippen LogP contribution in [-0.4, -0.2) is 37.4 Å². The van der Waals surface area contributed by atoms with Gasteiger partial charge in [-0.05, 0) is 66.6 Å². The molecule has 0 aliphatic carbocycles. The van der Waals surface area contributed by atoms with Crippen molar-refractivity contribution in [2.24, 2.45) is 0 Å². The number of ether oxygens (including phenoxy) is 4. The van der Waals surface area contributed by atoms with Gasteiger partial charge in [-0.15, -0.1) is 0 Å². The highest BCUT2D eigenvalue weighted by molar-refractivity contribution is 5.77. The van der Waals surface area contributed by atoms with Gasteiger partial charge >= 0.3 is 12.1 Å². The van der Waals surface area contributed by atoms with Gasteiger partial charge in [-0.25, -0.2) is 4.79 Å². The fraction of sp³-hybridized carbons (Fsp3) is 0.333. The van der Waals surface area contributed by atoms with Gasteiger partial charge in [-0.1, -0.05) is 42.5 Å². The van der Waals surface area contributed by atoms with Gasteiger partial charge in [0, 0.05) is 12.1 Å². The summed E-state index contributed by atoms with van der Waals surface area (Å²) >= 11 is 0. The summed E-state index contributed by atoms with van der Waals surface area (Å²) in [7, 11) is 0. The van der Waals surface area contributed by atoms with E-state index in [9.17, 15) is 22.8 Å². The van der Waals surface area contributed by atoms with Crippen LogP contribution in [0.5, 0.6) is 17.2 Å². The van der Waals surface area contributed by atoms with Crippen molar-refractivity contribution in [3.63, 3.8) is 0 Å². The monoisotopic (exact) mass is 570 g/mol. The van der Waals surface area contributed by atoms with Crippen molar-refractivity contribution in [3.8, 4) is 17.2 Å². The van der Waals surface area contributed by atoms with Crippen molar-refractivity contribution in [1.29, 1.82) is 0 Å². The average Bonchev–Trinajstić information content (AvgIpc) is 3.63. The van der Waals surface area contributed by atoms with Crippen LogP contribution in [0.1, 0.15) is 42.1 Å². The molecule has 8 nitrogen and oxygen atoms in total. The van der Waals surface area contributed by atoms with E-state index >= 15 is 0 Å². The van der Waals surface area contributed by atoms with E-state index in [1.807, 2.05) is 48.5 Å². The van der Waals surface area contributed by atoms with Gasteiger partial charge in [0.1, 0.15) is 18.5 Å². The molecule has 1 fully saturated rings. The Morgan fingerprint density at radius 1 is 1.02 bits per heavy atom. The molecule has 0 aromatic heterocycles. The van der Waals surface area contributed by atoms with Crippen molar-refractivity contribution < 1.29 is 41.7 Å². The van der Waals surface area contributed by atoms with Crippen LogP contribution in [0.3, 0.4) is 0 Å². The third-order valence-corrected chi connectivity index (χ3v) is 7.11. The maximum Gasteiger partial charge on any atom is 0.490 e. The Kier molecular flexibility index (Phi) is 8.63. The summed E-state index contributed by atoms with van der Waals surface area (Å²) in [5.74, 6) is -0.564. The number of rotatable bonds is 11. The first-order valence-corrected chi connectivity index (χ1v) is 13.2. The zero-order valence-corrected chi connectivity index (χ0v) is 22.0. The van der Waals surface area contributed by atoms with Crippen LogP contribution in [0.2, 0.25) is 0 Å². The SMILES string of the molecule is O=CNc1cc(C(OC(=O)C(F)(F)F)C2CCC(CCc3ccc4c(c3)OCO4)N2)ccc1OCc1ccccc1. The number of hydrogen-bond acceptors (Lipinski definition) is 7. The molecule has 2 N–H and O–H groups in total. The van der Waals surface area contributed by atoms with Crippen molar-refractivity contribution >= 4 is 18.1 Å². The predicted octanol–water partition coefficient (Wildman–Crippen LogP) is 5.46. The number of anilines is 1. The minimum Gasteiger partial charge on any atom is -0.487 e. The summed E-state index contributed by atoms with van der Waals surface area (Å²) in [6.45, 7) is 0.405. The molecule has 11 heteroatoms. The number of carbonyl (C=O) groups is 2.